The lowest BCUT2D eigenvalue weighted by Gasteiger charge is -2.02. The first-order valence-corrected chi connectivity index (χ1v) is 5.31. The molecule has 3 N–H and O–H groups in total. The van der Waals surface area contributed by atoms with E-state index in [-0.39, 0.29) is 5.91 Å². The molecule has 0 saturated carbocycles. The Morgan fingerprint density at radius 2 is 2.21 bits per heavy atom. The molecule has 0 aromatic carbocycles. The second kappa shape index (κ2) is 6.39. The quantitative estimate of drug-likeness (QED) is 0.685. The van der Waals surface area contributed by atoms with Gasteiger partial charge in [-0.2, -0.15) is 0 Å². The summed E-state index contributed by atoms with van der Waals surface area (Å²) in [6.07, 6.45) is 3.42. The molecule has 0 saturated heterocycles. The zero-order valence-electron chi connectivity index (χ0n) is 7.77. The van der Waals surface area contributed by atoms with Crippen molar-refractivity contribution < 1.29 is 4.79 Å². The van der Waals surface area contributed by atoms with Crippen LogP contribution in [-0.4, -0.2) is 29.7 Å². The Bertz CT molecular complexity index is 279. The van der Waals surface area contributed by atoms with Crippen LogP contribution in [0.2, 0.25) is 0 Å². The normalized spacial score (nSPS) is 9.79. The van der Waals surface area contributed by atoms with Crippen molar-refractivity contribution in [3.8, 4) is 0 Å². The van der Waals surface area contributed by atoms with Crippen LogP contribution in [0.1, 0.15) is 0 Å². The maximum Gasteiger partial charge on any atom is 0.230 e. The largest absolute Gasteiger partial charge is 0.354 e. The highest BCUT2D eigenvalue weighted by atomic mass is 32.2. The van der Waals surface area contributed by atoms with Gasteiger partial charge in [-0.3, -0.25) is 9.78 Å². The second-order valence-corrected chi connectivity index (χ2v) is 3.66. The molecular weight excluding hydrogens is 198 g/mol. The zero-order chi connectivity index (χ0) is 10.2. The molecule has 14 heavy (non-hydrogen) atoms. The predicted molar refractivity (Wildman–Crippen MR) is 57.0 cm³/mol. The first-order valence-electron chi connectivity index (χ1n) is 4.32. The van der Waals surface area contributed by atoms with Crippen molar-refractivity contribution in [3.05, 3.63) is 24.5 Å². The summed E-state index contributed by atoms with van der Waals surface area (Å²) < 4.78 is 0. The average molecular weight is 211 g/mol. The molecule has 0 radical (unpaired) electrons. The molecular formula is C9H13N3OS. The minimum Gasteiger partial charge on any atom is -0.354 e. The van der Waals surface area contributed by atoms with Gasteiger partial charge in [0.25, 0.3) is 0 Å². The van der Waals surface area contributed by atoms with Crippen molar-refractivity contribution in [2.45, 2.75) is 4.90 Å². The Balaban J connectivity index is 2.24. The third kappa shape index (κ3) is 4.25. The van der Waals surface area contributed by atoms with Gasteiger partial charge in [0.1, 0.15) is 0 Å². The molecule has 0 aliphatic carbocycles. The monoisotopic (exact) mass is 211 g/mol. The van der Waals surface area contributed by atoms with Crippen molar-refractivity contribution in [1.82, 2.24) is 10.3 Å². The molecule has 0 aliphatic rings. The number of pyridine rings is 1. The lowest BCUT2D eigenvalue weighted by Crippen LogP contribution is -2.30. The van der Waals surface area contributed by atoms with Crippen molar-refractivity contribution >= 4 is 17.7 Å². The van der Waals surface area contributed by atoms with Crippen molar-refractivity contribution in [2.24, 2.45) is 5.73 Å². The molecule has 4 nitrogen and oxygen atoms in total. The fraction of sp³-hybridized carbons (Fsp3) is 0.333. The smallest absolute Gasteiger partial charge is 0.230 e. The van der Waals surface area contributed by atoms with Gasteiger partial charge in [-0.15, -0.1) is 11.8 Å². The lowest BCUT2D eigenvalue weighted by atomic mass is 10.5. The molecule has 0 spiro atoms. The number of amides is 1. The Hall–Kier alpha value is -1.07. The van der Waals surface area contributed by atoms with E-state index in [1.807, 2.05) is 12.1 Å². The molecule has 0 fully saturated rings. The Morgan fingerprint density at radius 3 is 2.86 bits per heavy atom. The van der Waals surface area contributed by atoms with Crippen LogP contribution in [0.3, 0.4) is 0 Å². The number of carbonyl (C=O) groups is 1. The van der Waals surface area contributed by atoms with Crippen LogP contribution >= 0.6 is 11.8 Å². The Kier molecular flexibility index (Phi) is 5.03. The highest BCUT2D eigenvalue weighted by Crippen LogP contribution is 2.15. The van der Waals surface area contributed by atoms with E-state index in [1.165, 1.54) is 11.8 Å². The van der Waals surface area contributed by atoms with E-state index in [2.05, 4.69) is 10.3 Å². The number of thioether (sulfide) groups is 1. The maximum absolute atomic E-state index is 11.2. The average Bonchev–Trinajstić information content (AvgIpc) is 2.25. The van der Waals surface area contributed by atoms with Gasteiger partial charge >= 0.3 is 0 Å². The fourth-order valence-corrected chi connectivity index (χ4v) is 1.56. The number of hydrogen-bond acceptors (Lipinski definition) is 4. The topological polar surface area (TPSA) is 68.0 Å². The summed E-state index contributed by atoms with van der Waals surface area (Å²) in [5.74, 6) is 0.432. The van der Waals surface area contributed by atoms with E-state index in [1.54, 1.807) is 12.4 Å². The van der Waals surface area contributed by atoms with Gasteiger partial charge in [0, 0.05) is 30.4 Å². The van der Waals surface area contributed by atoms with Crippen molar-refractivity contribution in [3.63, 3.8) is 0 Å². The first-order chi connectivity index (χ1) is 6.83. The van der Waals surface area contributed by atoms with Crippen LogP contribution < -0.4 is 11.1 Å². The summed E-state index contributed by atoms with van der Waals surface area (Å²) in [6, 6.07) is 3.75. The number of nitrogens with one attached hydrogen (secondary N) is 1. The molecule has 0 atom stereocenters. The maximum atomic E-state index is 11.2. The summed E-state index contributed by atoms with van der Waals surface area (Å²) in [5, 5.41) is 2.70. The molecule has 1 aromatic heterocycles. The summed E-state index contributed by atoms with van der Waals surface area (Å²) >= 11 is 1.49. The molecule has 1 rings (SSSR count). The van der Waals surface area contributed by atoms with Crippen LogP contribution in [0, 0.1) is 0 Å². The number of carbonyl (C=O) groups excluding carboxylic acids is 1. The van der Waals surface area contributed by atoms with Crippen molar-refractivity contribution in [1.29, 1.82) is 0 Å². The Morgan fingerprint density at radius 1 is 1.50 bits per heavy atom. The van der Waals surface area contributed by atoms with Gasteiger partial charge in [-0.25, -0.2) is 0 Å². The number of rotatable bonds is 5. The minimum atomic E-state index is 0.0114. The molecule has 5 heteroatoms. The van der Waals surface area contributed by atoms with Gasteiger partial charge in [-0.05, 0) is 12.1 Å². The lowest BCUT2D eigenvalue weighted by molar-refractivity contribution is -0.118. The number of hydrogen-bond donors (Lipinski definition) is 2. The highest BCUT2D eigenvalue weighted by Gasteiger charge is 2.00. The van der Waals surface area contributed by atoms with Crippen LogP contribution in [0.25, 0.3) is 0 Å². The van der Waals surface area contributed by atoms with Gasteiger partial charge < -0.3 is 11.1 Å². The fourth-order valence-electron chi connectivity index (χ4n) is 0.846. The van der Waals surface area contributed by atoms with Crippen LogP contribution in [0.15, 0.2) is 29.4 Å². The predicted octanol–water partition coefficient (Wildman–Crippen LogP) is 0.249. The van der Waals surface area contributed by atoms with Gasteiger partial charge in [0.05, 0.1) is 5.75 Å². The Labute approximate surface area is 87.3 Å². The summed E-state index contributed by atoms with van der Waals surface area (Å²) in [4.78, 5) is 16.1. The van der Waals surface area contributed by atoms with Gasteiger partial charge in [0.2, 0.25) is 5.91 Å². The standard InChI is InChI=1S/C9H13N3OS/c10-3-6-12-9(13)7-14-8-1-4-11-5-2-8/h1-2,4-5H,3,6-7,10H2,(H,12,13). The number of nitrogens with zero attached hydrogens (tertiary/aromatic N) is 1. The third-order valence-electron chi connectivity index (χ3n) is 1.49. The van der Waals surface area contributed by atoms with E-state index in [4.69, 9.17) is 5.73 Å². The van der Waals surface area contributed by atoms with E-state index in [0.717, 1.165) is 4.90 Å². The molecule has 1 heterocycles. The van der Waals surface area contributed by atoms with E-state index in [9.17, 15) is 4.79 Å². The second-order valence-electron chi connectivity index (χ2n) is 2.61. The van der Waals surface area contributed by atoms with E-state index >= 15 is 0 Å². The highest BCUT2D eigenvalue weighted by molar-refractivity contribution is 8.00. The summed E-state index contributed by atoms with van der Waals surface area (Å²) in [7, 11) is 0. The van der Waals surface area contributed by atoms with E-state index in [0.29, 0.717) is 18.8 Å². The van der Waals surface area contributed by atoms with Gasteiger partial charge in [0.15, 0.2) is 0 Å². The van der Waals surface area contributed by atoms with Crippen molar-refractivity contribution in [2.75, 3.05) is 18.8 Å². The molecule has 1 amide bonds. The summed E-state index contributed by atoms with van der Waals surface area (Å²) in [5.41, 5.74) is 5.25. The molecule has 0 unspecified atom stereocenters. The molecule has 0 aliphatic heterocycles. The van der Waals surface area contributed by atoms with Gasteiger partial charge in [-0.1, -0.05) is 0 Å². The van der Waals surface area contributed by atoms with Crippen LogP contribution in [0.4, 0.5) is 0 Å². The number of aromatic nitrogens is 1. The minimum absolute atomic E-state index is 0.0114. The first kappa shape index (κ1) is 11.0. The molecule has 0 bridgehead atoms. The SMILES string of the molecule is NCCNC(=O)CSc1ccncc1. The van der Waals surface area contributed by atoms with Crippen LogP contribution in [0.5, 0.6) is 0 Å². The van der Waals surface area contributed by atoms with Crippen LogP contribution in [-0.2, 0) is 4.79 Å². The zero-order valence-corrected chi connectivity index (χ0v) is 8.59. The van der Waals surface area contributed by atoms with E-state index < -0.39 is 0 Å². The summed E-state index contributed by atoms with van der Waals surface area (Å²) in [6.45, 7) is 1.02. The molecule has 1 aromatic rings. The molecule has 76 valence electrons. The third-order valence-corrected chi connectivity index (χ3v) is 2.50. The number of nitrogens with two attached hydrogens (primary N) is 1.